The fraction of sp³-hybridized carbons (Fsp3) is 0.389. The van der Waals surface area contributed by atoms with Crippen LogP contribution in [0.4, 0.5) is 0 Å². The minimum absolute atomic E-state index is 0.0865. The zero-order valence-corrected chi connectivity index (χ0v) is 13.8. The monoisotopic (exact) mass is 343 g/mol. The number of pyridine rings is 1. The third-order valence-electron chi connectivity index (χ3n) is 4.24. The van der Waals surface area contributed by atoms with Crippen molar-refractivity contribution in [3.05, 3.63) is 42.1 Å². The average molecular weight is 343 g/mol. The lowest BCUT2D eigenvalue weighted by molar-refractivity contribution is -0.130. The van der Waals surface area contributed by atoms with Crippen LogP contribution in [0.15, 0.2) is 36.5 Å². The Hall–Kier alpha value is -2.51. The molecule has 7 nitrogen and oxygen atoms in total. The molecule has 7 heteroatoms. The maximum atomic E-state index is 11.9. The molecule has 3 N–H and O–H groups in total. The minimum atomic E-state index is -0.598. The minimum Gasteiger partial charge on any atom is -0.379 e. The number of amides is 2. The Morgan fingerprint density at radius 1 is 1.24 bits per heavy atom. The number of aromatic nitrogens is 1. The van der Waals surface area contributed by atoms with Crippen LogP contribution in [0.25, 0.3) is 10.9 Å². The third-order valence-corrected chi connectivity index (χ3v) is 4.24. The summed E-state index contributed by atoms with van der Waals surface area (Å²) < 4.78 is 10.5. The van der Waals surface area contributed by atoms with Crippen LogP contribution in [0.3, 0.4) is 0 Å². The first-order chi connectivity index (χ1) is 12.1. The second kappa shape index (κ2) is 8.04. The molecule has 2 aromatic rings. The Labute approximate surface area is 145 Å². The number of fused-ring (bicyclic) bond motifs is 1. The van der Waals surface area contributed by atoms with E-state index in [4.69, 9.17) is 15.2 Å². The largest absolute Gasteiger partial charge is 0.379 e. The molecule has 1 aliphatic rings. The van der Waals surface area contributed by atoms with Gasteiger partial charge in [-0.15, -0.1) is 0 Å². The lowest BCUT2D eigenvalue weighted by atomic mass is 9.93. The summed E-state index contributed by atoms with van der Waals surface area (Å²) in [5.74, 6) is -0.702. The quantitative estimate of drug-likeness (QED) is 0.758. The lowest BCUT2D eigenvalue weighted by Crippen LogP contribution is -2.42. The van der Waals surface area contributed by atoms with E-state index in [1.165, 1.54) is 5.56 Å². The normalized spacial score (nSPS) is 19.8. The van der Waals surface area contributed by atoms with Crippen molar-refractivity contribution in [2.24, 2.45) is 11.7 Å². The van der Waals surface area contributed by atoms with Gasteiger partial charge in [0, 0.05) is 17.5 Å². The molecule has 0 unspecified atom stereocenters. The van der Waals surface area contributed by atoms with Crippen LogP contribution in [-0.2, 0) is 25.5 Å². The highest BCUT2D eigenvalue weighted by atomic mass is 16.5. The molecule has 132 valence electrons. The number of hydrogen-bond acceptors (Lipinski definition) is 5. The molecular formula is C18H21N3O4. The predicted molar refractivity (Wildman–Crippen MR) is 91.7 cm³/mol. The summed E-state index contributed by atoms with van der Waals surface area (Å²) in [5.41, 5.74) is 7.12. The van der Waals surface area contributed by atoms with Gasteiger partial charge in [0.15, 0.2) is 0 Å². The van der Waals surface area contributed by atoms with E-state index >= 15 is 0 Å². The van der Waals surface area contributed by atoms with E-state index in [1.54, 1.807) is 6.20 Å². The number of rotatable bonds is 7. The maximum absolute atomic E-state index is 11.9. The molecule has 0 saturated carbocycles. The molecule has 2 amide bonds. The Morgan fingerprint density at radius 2 is 2.08 bits per heavy atom. The summed E-state index contributed by atoms with van der Waals surface area (Å²) in [6.07, 6.45) is 2.59. The van der Waals surface area contributed by atoms with Crippen molar-refractivity contribution in [1.82, 2.24) is 10.3 Å². The van der Waals surface area contributed by atoms with Gasteiger partial charge in [-0.05, 0) is 24.1 Å². The van der Waals surface area contributed by atoms with Crippen LogP contribution < -0.4 is 11.1 Å². The highest BCUT2D eigenvalue weighted by Gasteiger charge is 2.30. The number of nitrogens with zero attached hydrogens (tertiary/aromatic N) is 1. The number of benzene rings is 1. The number of carbonyl (C=O) groups excluding carboxylic acids is 2. The van der Waals surface area contributed by atoms with Crippen LogP contribution in [-0.4, -0.2) is 49.3 Å². The summed E-state index contributed by atoms with van der Waals surface area (Å²) in [6.45, 7) is 0.602. The molecule has 1 saturated heterocycles. The standard InChI is InChI=1S/C18H21N3O4/c19-17(22)10-25-11-18(23)21-16-9-24-8-13(16)7-12-5-6-20-15-4-2-1-3-14(12)15/h1-6,13,16H,7-11H2,(H2,19,22)(H,21,23)/t13-,16-/m1/s1. The number of carbonyl (C=O) groups is 2. The summed E-state index contributed by atoms with van der Waals surface area (Å²) in [6, 6.07) is 9.92. The Balaban J connectivity index is 1.61. The number of para-hydroxylation sites is 1. The Bertz CT molecular complexity index is 760. The van der Waals surface area contributed by atoms with E-state index in [2.05, 4.69) is 16.4 Å². The van der Waals surface area contributed by atoms with Crippen molar-refractivity contribution in [3.8, 4) is 0 Å². The first kappa shape index (κ1) is 17.3. The number of nitrogens with two attached hydrogens (primary N) is 1. The van der Waals surface area contributed by atoms with Gasteiger partial charge in [0.25, 0.3) is 0 Å². The van der Waals surface area contributed by atoms with E-state index in [-0.39, 0.29) is 31.1 Å². The van der Waals surface area contributed by atoms with Crippen molar-refractivity contribution in [2.75, 3.05) is 26.4 Å². The zero-order valence-electron chi connectivity index (χ0n) is 13.8. The molecule has 3 rings (SSSR count). The average Bonchev–Trinajstić information content (AvgIpc) is 3.01. The van der Waals surface area contributed by atoms with Crippen LogP contribution in [0.1, 0.15) is 5.56 Å². The molecule has 2 heterocycles. The first-order valence-corrected chi connectivity index (χ1v) is 8.19. The summed E-state index contributed by atoms with van der Waals surface area (Å²) in [4.78, 5) is 26.9. The highest BCUT2D eigenvalue weighted by Crippen LogP contribution is 2.24. The molecule has 0 bridgehead atoms. The maximum Gasteiger partial charge on any atom is 0.246 e. The highest BCUT2D eigenvalue weighted by molar-refractivity contribution is 5.82. The van der Waals surface area contributed by atoms with Crippen molar-refractivity contribution in [3.63, 3.8) is 0 Å². The summed E-state index contributed by atoms with van der Waals surface area (Å²) >= 11 is 0. The first-order valence-electron chi connectivity index (χ1n) is 8.19. The predicted octanol–water partition coefficient (Wildman–Crippen LogP) is 0.410. The van der Waals surface area contributed by atoms with Gasteiger partial charge in [-0.1, -0.05) is 18.2 Å². The third kappa shape index (κ3) is 4.52. The molecule has 0 radical (unpaired) electrons. The van der Waals surface area contributed by atoms with Crippen molar-refractivity contribution in [2.45, 2.75) is 12.5 Å². The van der Waals surface area contributed by atoms with Crippen LogP contribution in [0.2, 0.25) is 0 Å². The van der Waals surface area contributed by atoms with E-state index in [9.17, 15) is 9.59 Å². The van der Waals surface area contributed by atoms with E-state index in [1.807, 2.05) is 24.3 Å². The molecular weight excluding hydrogens is 322 g/mol. The number of ether oxygens (including phenoxy) is 2. The molecule has 25 heavy (non-hydrogen) atoms. The Kier molecular flexibility index (Phi) is 5.57. The van der Waals surface area contributed by atoms with Gasteiger partial charge < -0.3 is 20.5 Å². The second-order valence-electron chi connectivity index (χ2n) is 6.12. The van der Waals surface area contributed by atoms with Crippen molar-refractivity contribution < 1.29 is 19.1 Å². The molecule has 0 aliphatic carbocycles. The summed E-state index contributed by atoms with van der Waals surface area (Å²) in [7, 11) is 0. The fourth-order valence-corrected chi connectivity index (χ4v) is 3.07. The molecule has 1 aromatic heterocycles. The van der Waals surface area contributed by atoms with Gasteiger partial charge in [0.05, 0.1) is 24.8 Å². The van der Waals surface area contributed by atoms with E-state index in [0.29, 0.717) is 13.2 Å². The van der Waals surface area contributed by atoms with Gasteiger partial charge in [-0.3, -0.25) is 14.6 Å². The second-order valence-corrected chi connectivity index (χ2v) is 6.12. The van der Waals surface area contributed by atoms with E-state index in [0.717, 1.165) is 17.3 Å². The lowest BCUT2D eigenvalue weighted by Gasteiger charge is -2.19. The van der Waals surface area contributed by atoms with E-state index < -0.39 is 5.91 Å². The molecule has 2 atom stereocenters. The molecule has 0 spiro atoms. The topological polar surface area (TPSA) is 104 Å². The Morgan fingerprint density at radius 3 is 2.92 bits per heavy atom. The van der Waals surface area contributed by atoms with Gasteiger partial charge in [-0.2, -0.15) is 0 Å². The SMILES string of the molecule is NC(=O)COCC(=O)N[C@@H]1COC[C@H]1Cc1ccnc2ccccc12. The smallest absolute Gasteiger partial charge is 0.246 e. The molecule has 1 aliphatic heterocycles. The van der Waals surface area contributed by atoms with Crippen molar-refractivity contribution >= 4 is 22.7 Å². The summed E-state index contributed by atoms with van der Waals surface area (Å²) in [5, 5.41) is 4.03. The number of hydrogen-bond donors (Lipinski definition) is 2. The van der Waals surface area contributed by atoms with Crippen molar-refractivity contribution in [1.29, 1.82) is 0 Å². The van der Waals surface area contributed by atoms with Gasteiger partial charge in [0.1, 0.15) is 13.2 Å². The van der Waals surface area contributed by atoms with Gasteiger partial charge >= 0.3 is 0 Å². The van der Waals surface area contributed by atoms with Crippen LogP contribution in [0, 0.1) is 5.92 Å². The zero-order chi connectivity index (χ0) is 17.6. The van der Waals surface area contributed by atoms with Gasteiger partial charge in [-0.25, -0.2) is 0 Å². The fourth-order valence-electron chi connectivity index (χ4n) is 3.07. The van der Waals surface area contributed by atoms with Gasteiger partial charge in [0.2, 0.25) is 11.8 Å². The number of primary amides is 1. The molecule has 1 fully saturated rings. The molecule has 1 aromatic carbocycles. The number of nitrogens with one attached hydrogen (secondary N) is 1. The van der Waals surface area contributed by atoms with Crippen LogP contribution in [0.5, 0.6) is 0 Å². The van der Waals surface area contributed by atoms with Crippen LogP contribution >= 0.6 is 0 Å².